The second-order valence-corrected chi connectivity index (χ2v) is 6.95. The highest BCUT2D eigenvalue weighted by atomic mass is 79.9. The summed E-state index contributed by atoms with van der Waals surface area (Å²) >= 11 is 4.78. The van der Waals surface area contributed by atoms with Crippen LogP contribution in [0.4, 0.5) is 5.13 Å². The van der Waals surface area contributed by atoms with E-state index in [1.807, 2.05) is 34.9 Å². The first-order chi connectivity index (χ1) is 11.7. The van der Waals surface area contributed by atoms with Gasteiger partial charge in [-0.05, 0) is 42.5 Å². The van der Waals surface area contributed by atoms with Gasteiger partial charge in [-0.3, -0.25) is 14.7 Å². The van der Waals surface area contributed by atoms with Crippen molar-refractivity contribution < 1.29 is 4.79 Å². The molecule has 0 spiro atoms. The van der Waals surface area contributed by atoms with E-state index >= 15 is 0 Å². The summed E-state index contributed by atoms with van der Waals surface area (Å²) in [7, 11) is 0. The van der Waals surface area contributed by atoms with Crippen LogP contribution in [0.15, 0.2) is 59.6 Å². The van der Waals surface area contributed by atoms with Gasteiger partial charge in [0.05, 0.1) is 10.2 Å². The largest absolute Gasteiger partial charge is 0.298 e. The molecule has 0 fully saturated rings. The summed E-state index contributed by atoms with van der Waals surface area (Å²) in [5.74, 6) is -0.180. The van der Waals surface area contributed by atoms with E-state index in [1.54, 1.807) is 24.8 Å². The molecule has 0 saturated heterocycles. The van der Waals surface area contributed by atoms with Crippen LogP contribution >= 0.6 is 27.3 Å². The number of amides is 1. The fourth-order valence-electron chi connectivity index (χ4n) is 2.23. The van der Waals surface area contributed by atoms with E-state index in [4.69, 9.17) is 0 Å². The van der Waals surface area contributed by atoms with Gasteiger partial charge in [-0.25, -0.2) is 4.98 Å². The Kier molecular flexibility index (Phi) is 3.83. The highest BCUT2D eigenvalue weighted by molar-refractivity contribution is 9.10. The third-order valence-corrected chi connectivity index (χ3v) is 4.88. The SMILES string of the molecule is O=C(Nc1nc2ccc(-n3cnnc3)cc2s1)c1ccc(Br)cc1. The molecular weight excluding hydrogens is 390 g/mol. The minimum atomic E-state index is -0.180. The lowest BCUT2D eigenvalue weighted by Gasteiger charge is -2.01. The lowest BCUT2D eigenvalue weighted by molar-refractivity contribution is 0.102. The third-order valence-electron chi connectivity index (χ3n) is 3.42. The van der Waals surface area contributed by atoms with Gasteiger partial charge in [0.15, 0.2) is 5.13 Å². The Morgan fingerprint density at radius 1 is 1.08 bits per heavy atom. The van der Waals surface area contributed by atoms with E-state index < -0.39 is 0 Å². The van der Waals surface area contributed by atoms with Crippen molar-refractivity contribution in [3.05, 3.63) is 65.2 Å². The zero-order valence-electron chi connectivity index (χ0n) is 12.2. The number of hydrogen-bond acceptors (Lipinski definition) is 5. The van der Waals surface area contributed by atoms with E-state index in [9.17, 15) is 4.79 Å². The Hall–Kier alpha value is -2.58. The maximum Gasteiger partial charge on any atom is 0.257 e. The van der Waals surface area contributed by atoms with Crippen molar-refractivity contribution in [3.63, 3.8) is 0 Å². The van der Waals surface area contributed by atoms with Crippen molar-refractivity contribution in [1.29, 1.82) is 0 Å². The molecule has 118 valence electrons. The van der Waals surface area contributed by atoms with Gasteiger partial charge in [0.25, 0.3) is 5.91 Å². The summed E-state index contributed by atoms with van der Waals surface area (Å²) in [5.41, 5.74) is 2.37. The van der Waals surface area contributed by atoms with Gasteiger partial charge in [-0.2, -0.15) is 0 Å². The molecule has 0 aliphatic carbocycles. The fraction of sp³-hybridized carbons (Fsp3) is 0. The Morgan fingerprint density at radius 2 is 1.83 bits per heavy atom. The van der Waals surface area contributed by atoms with Gasteiger partial charge < -0.3 is 0 Å². The molecule has 2 aromatic carbocycles. The molecule has 24 heavy (non-hydrogen) atoms. The molecule has 0 saturated carbocycles. The van der Waals surface area contributed by atoms with Crippen LogP contribution in [-0.4, -0.2) is 25.7 Å². The van der Waals surface area contributed by atoms with Crippen LogP contribution in [0.1, 0.15) is 10.4 Å². The van der Waals surface area contributed by atoms with Crippen molar-refractivity contribution in [1.82, 2.24) is 19.7 Å². The van der Waals surface area contributed by atoms with Crippen LogP contribution < -0.4 is 5.32 Å². The molecular formula is C16H10BrN5OS. The van der Waals surface area contributed by atoms with Crippen molar-refractivity contribution in [2.24, 2.45) is 0 Å². The average Bonchev–Trinajstić information content (AvgIpc) is 3.23. The molecule has 0 radical (unpaired) electrons. The maximum atomic E-state index is 12.3. The summed E-state index contributed by atoms with van der Waals surface area (Å²) in [4.78, 5) is 16.7. The number of nitrogens with one attached hydrogen (secondary N) is 1. The number of anilines is 1. The van der Waals surface area contributed by atoms with Crippen molar-refractivity contribution in [2.75, 3.05) is 5.32 Å². The molecule has 0 unspecified atom stereocenters. The van der Waals surface area contributed by atoms with Crippen LogP contribution in [0.25, 0.3) is 15.9 Å². The van der Waals surface area contributed by atoms with Crippen LogP contribution in [0, 0.1) is 0 Å². The Morgan fingerprint density at radius 3 is 2.58 bits per heavy atom. The number of carbonyl (C=O) groups is 1. The molecule has 4 aromatic rings. The second-order valence-electron chi connectivity index (χ2n) is 5.00. The summed E-state index contributed by atoms with van der Waals surface area (Å²) in [6.45, 7) is 0. The number of halogens is 1. The van der Waals surface area contributed by atoms with Gasteiger partial charge >= 0.3 is 0 Å². The molecule has 1 N–H and O–H groups in total. The smallest absolute Gasteiger partial charge is 0.257 e. The summed E-state index contributed by atoms with van der Waals surface area (Å²) in [5, 5.41) is 11.0. The van der Waals surface area contributed by atoms with Crippen molar-refractivity contribution in [3.8, 4) is 5.69 Å². The average molecular weight is 400 g/mol. The zero-order valence-corrected chi connectivity index (χ0v) is 14.6. The molecule has 6 nitrogen and oxygen atoms in total. The Labute approximate surface area is 149 Å². The summed E-state index contributed by atoms with van der Waals surface area (Å²) in [6, 6.07) is 13.0. The van der Waals surface area contributed by atoms with Crippen molar-refractivity contribution in [2.45, 2.75) is 0 Å². The first-order valence-electron chi connectivity index (χ1n) is 7.01. The summed E-state index contributed by atoms with van der Waals surface area (Å²) < 4.78 is 3.73. The first-order valence-corrected chi connectivity index (χ1v) is 8.62. The molecule has 1 amide bonds. The topological polar surface area (TPSA) is 72.7 Å². The number of benzene rings is 2. The highest BCUT2D eigenvalue weighted by Crippen LogP contribution is 2.28. The monoisotopic (exact) mass is 399 g/mol. The van der Waals surface area contributed by atoms with Crippen LogP contribution in [-0.2, 0) is 0 Å². The molecule has 0 bridgehead atoms. The van der Waals surface area contributed by atoms with Crippen LogP contribution in [0.3, 0.4) is 0 Å². The molecule has 2 heterocycles. The molecule has 0 aliphatic heterocycles. The molecule has 2 aromatic heterocycles. The number of rotatable bonds is 3. The lowest BCUT2D eigenvalue weighted by Crippen LogP contribution is -2.11. The fourth-order valence-corrected chi connectivity index (χ4v) is 3.39. The van der Waals surface area contributed by atoms with Gasteiger partial charge in [0.2, 0.25) is 0 Å². The van der Waals surface area contributed by atoms with Gasteiger partial charge in [-0.15, -0.1) is 10.2 Å². The van der Waals surface area contributed by atoms with Crippen LogP contribution in [0.2, 0.25) is 0 Å². The number of hydrogen-bond donors (Lipinski definition) is 1. The predicted molar refractivity (Wildman–Crippen MR) is 96.6 cm³/mol. The van der Waals surface area contributed by atoms with Gasteiger partial charge in [-0.1, -0.05) is 27.3 Å². The first kappa shape index (κ1) is 15.0. The number of carbonyl (C=O) groups excluding carboxylic acids is 1. The second kappa shape index (κ2) is 6.14. The standard InChI is InChI=1S/C16H10BrN5OS/c17-11-3-1-10(2-4-11)15(23)21-16-20-13-6-5-12(7-14(13)24-16)22-8-18-19-9-22/h1-9H,(H,20,21,23). The van der Waals surface area contributed by atoms with Gasteiger partial charge in [0, 0.05) is 15.7 Å². The lowest BCUT2D eigenvalue weighted by atomic mass is 10.2. The number of fused-ring (bicyclic) bond motifs is 1. The quantitative estimate of drug-likeness (QED) is 0.566. The van der Waals surface area contributed by atoms with E-state index in [2.05, 4.69) is 36.4 Å². The highest BCUT2D eigenvalue weighted by Gasteiger charge is 2.10. The minimum Gasteiger partial charge on any atom is -0.298 e. The Bertz CT molecular complexity index is 1010. The van der Waals surface area contributed by atoms with Crippen molar-refractivity contribution >= 4 is 48.5 Å². The predicted octanol–water partition coefficient (Wildman–Crippen LogP) is 3.89. The summed E-state index contributed by atoms with van der Waals surface area (Å²) in [6.07, 6.45) is 3.27. The molecule has 0 atom stereocenters. The number of aromatic nitrogens is 4. The van der Waals surface area contributed by atoms with E-state index in [0.717, 1.165) is 20.4 Å². The van der Waals surface area contributed by atoms with Gasteiger partial charge in [0.1, 0.15) is 12.7 Å². The third kappa shape index (κ3) is 2.93. The van der Waals surface area contributed by atoms with E-state index in [-0.39, 0.29) is 5.91 Å². The number of nitrogens with zero attached hydrogens (tertiary/aromatic N) is 4. The number of thiazole rings is 1. The molecule has 8 heteroatoms. The molecule has 4 rings (SSSR count). The van der Waals surface area contributed by atoms with Crippen LogP contribution in [0.5, 0.6) is 0 Å². The minimum absolute atomic E-state index is 0.180. The zero-order chi connectivity index (χ0) is 16.5. The van der Waals surface area contributed by atoms with E-state index in [1.165, 1.54) is 11.3 Å². The maximum absolute atomic E-state index is 12.3. The van der Waals surface area contributed by atoms with E-state index in [0.29, 0.717) is 10.7 Å². The Balaban J connectivity index is 1.61. The normalized spacial score (nSPS) is 10.9. The molecule has 0 aliphatic rings.